The van der Waals surface area contributed by atoms with E-state index in [4.69, 9.17) is 0 Å². The third-order valence-electron chi connectivity index (χ3n) is 6.14. The molecule has 3 rings (SSSR count). The lowest BCUT2D eigenvalue weighted by molar-refractivity contribution is -0.137. The average molecular weight is 420 g/mol. The number of piperidine rings is 1. The van der Waals surface area contributed by atoms with Gasteiger partial charge in [-0.2, -0.15) is 13.2 Å². The molecule has 30 heavy (non-hydrogen) atoms. The number of likely N-dealkylation sites (tertiary alicyclic amines) is 1. The predicted octanol–water partition coefficient (Wildman–Crippen LogP) is 5.99. The maximum absolute atomic E-state index is 13.0. The van der Waals surface area contributed by atoms with Gasteiger partial charge in [0.25, 0.3) is 0 Å². The molecule has 2 aromatic rings. The van der Waals surface area contributed by atoms with Crippen molar-refractivity contribution in [2.75, 3.05) is 19.6 Å². The fourth-order valence-corrected chi connectivity index (χ4v) is 4.33. The highest BCUT2D eigenvalue weighted by atomic mass is 19.4. The van der Waals surface area contributed by atoms with Crippen LogP contribution in [0.1, 0.15) is 61.8 Å². The van der Waals surface area contributed by atoms with Gasteiger partial charge >= 0.3 is 6.18 Å². The van der Waals surface area contributed by atoms with Gasteiger partial charge in [-0.05, 0) is 59.9 Å². The summed E-state index contributed by atoms with van der Waals surface area (Å²) in [6, 6.07) is 13.9. The van der Waals surface area contributed by atoms with Crippen LogP contribution >= 0.6 is 0 Å². The zero-order valence-electron chi connectivity index (χ0n) is 18.0. The van der Waals surface area contributed by atoms with Crippen LogP contribution in [0.5, 0.6) is 0 Å². The Morgan fingerprint density at radius 3 is 2.20 bits per heavy atom. The molecule has 5 heteroatoms. The zero-order valence-corrected chi connectivity index (χ0v) is 18.0. The summed E-state index contributed by atoms with van der Waals surface area (Å²) in [4.78, 5) is 2.30. The van der Waals surface area contributed by atoms with Crippen molar-refractivity contribution in [1.29, 1.82) is 0 Å². The van der Waals surface area contributed by atoms with Crippen molar-refractivity contribution in [3.05, 3.63) is 70.8 Å². The largest absolute Gasteiger partial charge is 0.416 e. The zero-order chi connectivity index (χ0) is 21.9. The van der Waals surface area contributed by atoms with Crippen molar-refractivity contribution in [3.8, 4) is 0 Å². The van der Waals surface area contributed by atoms with Crippen LogP contribution in [0.2, 0.25) is 0 Å². The number of halogens is 3. The normalized spacial score (nSPS) is 18.5. The smallest absolute Gasteiger partial charge is 0.385 e. The number of nitrogens with zero attached hydrogens (tertiary/aromatic N) is 1. The van der Waals surface area contributed by atoms with Gasteiger partial charge in [-0.15, -0.1) is 0 Å². The second-order valence-corrected chi connectivity index (χ2v) is 9.15. The van der Waals surface area contributed by atoms with Crippen molar-refractivity contribution < 1.29 is 18.3 Å². The summed E-state index contributed by atoms with van der Waals surface area (Å²) < 4.78 is 39.1. The molecule has 1 aliphatic rings. The van der Waals surface area contributed by atoms with Crippen LogP contribution in [0.15, 0.2) is 48.5 Å². The minimum atomic E-state index is -4.40. The Balaban J connectivity index is 1.59. The highest BCUT2D eigenvalue weighted by Gasteiger charge is 2.37. The number of alkyl halides is 3. The number of rotatable bonds is 6. The van der Waals surface area contributed by atoms with Crippen LogP contribution < -0.4 is 0 Å². The van der Waals surface area contributed by atoms with E-state index >= 15 is 0 Å². The van der Waals surface area contributed by atoms with Crippen molar-refractivity contribution >= 4 is 0 Å². The molecule has 0 saturated carbocycles. The molecule has 0 aliphatic carbocycles. The Morgan fingerprint density at radius 2 is 1.63 bits per heavy atom. The lowest BCUT2D eigenvalue weighted by atomic mass is 9.83. The molecule has 0 radical (unpaired) electrons. The van der Waals surface area contributed by atoms with E-state index in [0.717, 1.165) is 25.1 Å². The molecule has 0 aromatic heterocycles. The van der Waals surface area contributed by atoms with Gasteiger partial charge in [0.2, 0.25) is 0 Å². The molecule has 0 bridgehead atoms. The average Bonchev–Trinajstić information content (AvgIpc) is 2.69. The van der Waals surface area contributed by atoms with Gasteiger partial charge < -0.3 is 10.0 Å². The first-order chi connectivity index (χ1) is 14.1. The van der Waals surface area contributed by atoms with E-state index in [0.29, 0.717) is 43.3 Å². The summed E-state index contributed by atoms with van der Waals surface area (Å²) in [6.45, 7) is 8.85. The third-order valence-corrected chi connectivity index (χ3v) is 6.14. The number of aliphatic hydroxyl groups is 1. The van der Waals surface area contributed by atoms with Crippen LogP contribution in [0.3, 0.4) is 0 Å². The first-order valence-corrected chi connectivity index (χ1v) is 10.8. The van der Waals surface area contributed by atoms with Crippen molar-refractivity contribution in [1.82, 2.24) is 4.90 Å². The van der Waals surface area contributed by atoms with Crippen LogP contribution in [0, 0.1) is 5.92 Å². The van der Waals surface area contributed by atoms with E-state index in [1.54, 1.807) is 6.07 Å². The van der Waals surface area contributed by atoms with Gasteiger partial charge in [0.05, 0.1) is 11.2 Å². The molecule has 1 N–H and O–H groups in total. The molecule has 1 fully saturated rings. The van der Waals surface area contributed by atoms with E-state index in [2.05, 4.69) is 49.9 Å². The van der Waals surface area contributed by atoms with Crippen LogP contribution in [0.25, 0.3) is 0 Å². The summed E-state index contributed by atoms with van der Waals surface area (Å²) in [7, 11) is 0. The molecule has 0 amide bonds. The summed E-state index contributed by atoms with van der Waals surface area (Å²) in [5, 5.41) is 11.0. The highest BCUT2D eigenvalue weighted by Crippen LogP contribution is 2.37. The lowest BCUT2D eigenvalue weighted by Crippen LogP contribution is -2.43. The molecule has 1 atom stereocenters. The van der Waals surface area contributed by atoms with Crippen LogP contribution in [-0.2, 0) is 18.2 Å². The molecule has 0 spiro atoms. The van der Waals surface area contributed by atoms with E-state index in [1.807, 2.05) is 0 Å². The van der Waals surface area contributed by atoms with Crippen molar-refractivity contribution in [2.45, 2.75) is 57.7 Å². The third kappa shape index (κ3) is 5.64. The van der Waals surface area contributed by atoms with Crippen molar-refractivity contribution in [2.24, 2.45) is 5.92 Å². The highest BCUT2D eigenvalue weighted by molar-refractivity contribution is 5.30. The summed E-state index contributed by atoms with van der Waals surface area (Å²) in [5.41, 5.74) is 1.11. The van der Waals surface area contributed by atoms with Crippen LogP contribution in [0.4, 0.5) is 13.2 Å². The van der Waals surface area contributed by atoms with Gasteiger partial charge in [0.15, 0.2) is 0 Å². The Morgan fingerprint density at radius 1 is 1.00 bits per heavy atom. The Kier molecular flexibility index (Phi) is 6.93. The summed E-state index contributed by atoms with van der Waals surface area (Å²) in [5.74, 6) is 0.995. The Hall–Kier alpha value is -1.85. The van der Waals surface area contributed by atoms with Crippen LogP contribution in [-0.4, -0.2) is 29.6 Å². The molecule has 2 nitrogen and oxygen atoms in total. The number of hydrogen-bond acceptors (Lipinski definition) is 2. The predicted molar refractivity (Wildman–Crippen MR) is 114 cm³/mol. The molecular formula is C25H32F3NO. The summed E-state index contributed by atoms with van der Waals surface area (Å²) >= 11 is 0. The first-order valence-electron chi connectivity index (χ1n) is 10.8. The Labute approximate surface area is 177 Å². The second kappa shape index (κ2) is 9.11. The van der Waals surface area contributed by atoms with Gasteiger partial charge in [0, 0.05) is 19.6 Å². The maximum atomic E-state index is 13.0. The molecule has 2 aromatic carbocycles. The van der Waals surface area contributed by atoms with E-state index in [1.165, 1.54) is 17.2 Å². The molecule has 0 unspecified atom stereocenters. The molecule has 1 aliphatic heterocycles. The van der Waals surface area contributed by atoms with E-state index in [9.17, 15) is 18.3 Å². The lowest BCUT2D eigenvalue weighted by Gasteiger charge is -2.39. The number of hydrogen-bond donors (Lipinski definition) is 1. The van der Waals surface area contributed by atoms with E-state index in [-0.39, 0.29) is 0 Å². The van der Waals surface area contributed by atoms with Gasteiger partial charge in [-0.25, -0.2) is 0 Å². The van der Waals surface area contributed by atoms with Gasteiger partial charge in [-0.3, -0.25) is 0 Å². The molecule has 1 heterocycles. The van der Waals surface area contributed by atoms with E-state index < -0.39 is 17.3 Å². The fraction of sp³-hybridized carbons (Fsp3) is 0.520. The minimum absolute atomic E-state index is 0.359. The SMILES string of the molecule is CC(C)Cc1ccc([C@H](C)CN2CCC(O)(c3cccc(C(F)(F)F)c3)CC2)cc1. The first kappa shape index (κ1) is 22.8. The van der Waals surface area contributed by atoms with Gasteiger partial charge in [-0.1, -0.05) is 57.2 Å². The minimum Gasteiger partial charge on any atom is -0.385 e. The maximum Gasteiger partial charge on any atom is 0.416 e. The molecular weight excluding hydrogens is 387 g/mol. The number of benzene rings is 2. The summed E-state index contributed by atoms with van der Waals surface area (Å²) in [6.07, 6.45) is -2.44. The fourth-order valence-electron chi connectivity index (χ4n) is 4.33. The monoisotopic (exact) mass is 419 g/mol. The quantitative estimate of drug-likeness (QED) is 0.622. The molecule has 1 saturated heterocycles. The standard InChI is InChI=1S/C25H32F3NO/c1-18(2)15-20-7-9-21(10-8-20)19(3)17-29-13-11-24(30,12-14-29)22-5-4-6-23(16-22)25(26,27)28/h4-10,16,18-19,30H,11-15,17H2,1-3H3/t19-/m1/s1. The topological polar surface area (TPSA) is 23.5 Å². The van der Waals surface area contributed by atoms with Crippen molar-refractivity contribution in [3.63, 3.8) is 0 Å². The molecule has 164 valence electrons. The second-order valence-electron chi connectivity index (χ2n) is 9.15. The Bertz CT molecular complexity index is 821. The van der Waals surface area contributed by atoms with Gasteiger partial charge in [0.1, 0.15) is 0 Å².